The SMILES string of the molecule is N#Cc1cc(-c2cccc(-c3c4ccccc4c(-c4ccccc4)c4ccccc34)c2)cc(-c2cccc(-n3c4ccccc4c4cc(C#N)ccc43)c2)c1. The fourth-order valence-electron chi connectivity index (χ4n) is 8.38. The monoisotopic (exact) mass is 697 g/mol. The minimum atomic E-state index is 0.604. The van der Waals surface area contributed by atoms with Crippen molar-refractivity contribution >= 4 is 43.4 Å². The fraction of sp³-hybridized carbons (Fsp3) is 0. The highest BCUT2D eigenvalue weighted by Gasteiger charge is 2.18. The molecule has 3 nitrogen and oxygen atoms in total. The van der Waals surface area contributed by atoms with Gasteiger partial charge in [-0.3, -0.25) is 0 Å². The number of fused-ring (bicyclic) bond motifs is 5. The molecule has 0 bridgehead atoms. The summed E-state index contributed by atoms with van der Waals surface area (Å²) < 4.78 is 2.26. The van der Waals surface area contributed by atoms with Crippen LogP contribution in [0.4, 0.5) is 0 Å². The van der Waals surface area contributed by atoms with Crippen LogP contribution in [0.15, 0.2) is 188 Å². The van der Waals surface area contributed by atoms with E-state index in [0.29, 0.717) is 11.1 Å². The lowest BCUT2D eigenvalue weighted by Gasteiger charge is -2.18. The van der Waals surface area contributed by atoms with Crippen molar-refractivity contribution in [3.63, 3.8) is 0 Å². The lowest BCUT2D eigenvalue weighted by atomic mass is 9.85. The average Bonchev–Trinajstić information content (AvgIpc) is 3.59. The summed E-state index contributed by atoms with van der Waals surface area (Å²) in [5.41, 5.74) is 13.1. The lowest BCUT2D eigenvalue weighted by molar-refractivity contribution is 1.18. The van der Waals surface area contributed by atoms with Gasteiger partial charge in [0.25, 0.3) is 0 Å². The van der Waals surface area contributed by atoms with Crippen molar-refractivity contribution in [1.82, 2.24) is 4.57 Å². The molecule has 0 aliphatic carbocycles. The van der Waals surface area contributed by atoms with Crippen molar-refractivity contribution in [2.75, 3.05) is 0 Å². The van der Waals surface area contributed by atoms with Gasteiger partial charge >= 0.3 is 0 Å². The van der Waals surface area contributed by atoms with Gasteiger partial charge in [0.05, 0.1) is 34.3 Å². The maximum Gasteiger partial charge on any atom is 0.0992 e. The maximum atomic E-state index is 10.3. The fourth-order valence-corrected chi connectivity index (χ4v) is 8.38. The third-order valence-corrected chi connectivity index (χ3v) is 10.8. The van der Waals surface area contributed by atoms with Crippen LogP contribution in [0.2, 0.25) is 0 Å². The quantitative estimate of drug-likeness (QED) is 0.168. The number of nitriles is 2. The molecule has 0 amide bonds. The third-order valence-electron chi connectivity index (χ3n) is 10.8. The Balaban J connectivity index is 1.12. The van der Waals surface area contributed by atoms with Gasteiger partial charge in [0.15, 0.2) is 0 Å². The number of hydrogen-bond donors (Lipinski definition) is 0. The van der Waals surface area contributed by atoms with E-state index in [0.717, 1.165) is 55.3 Å². The van der Waals surface area contributed by atoms with Crippen molar-refractivity contribution < 1.29 is 0 Å². The third kappa shape index (κ3) is 5.35. The van der Waals surface area contributed by atoms with Crippen LogP contribution in [-0.4, -0.2) is 4.57 Å². The molecular weight excluding hydrogens is 667 g/mol. The van der Waals surface area contributed by atoms with Crippen molar-refractivity contribution in [3.8, 4) is 62.3 Å². The molecule has 3 heteroatoms. The van der Waals surface area contributed by atoms with E-state index < -0.39 is 0 Å². The van der Waals surface area contributed by atoms with Crippen molar-refractivity contribution in [1.29, 1.82) is 10.5 Å². The first-order valence-corrected chi connectivity index (χ1v) is 18.4. The molecule has 0 saturated heterocycles. The van der Waals surface area contributed by atoms with Gasteiger partial charge in [0.2, 0.25) is 0 Å². The Labute approximate surface area is 318 Å². The Morgan fingerprint density at radius 2 is 0.800 bits per heavy atom. The Bertz CT molecular complexity index is 3170. The van der Waals surface area contributed by atoms with E-state index in [-0.39, 0.29) is 0 Å². The van der Waals surface area contributed by atoms with Gasteiger partial charge in [-0.2, -0.15) is 10.5 Å². The molecule has 254 valence electrons. The molecule has 9 aromatic carbocycles. The Kier molecular flexibility index (Phi) is 7.58. The molecule has 0 atom stereocenters. The standard InChI is InChI=1S/C52H31N3/c53-32-34-24-25-50-48(28-34)43-18-8-9-23-49(43)55(50)42-17-11-15-38(31-42)41-27-35(33-54)26-40(30-41)37-14-10-16-39(29-37)52-46-21-6-4-19-44(46)51(36-12-2-1-3-13-36)45-20-5-7-22-47(45)52/h1-31H. The Morgan fingerprint density at radius 1 is 0.309 bits per heavy atom. The number of rotatable bonds is 5. The van der Waals surface area contributed by atoms with Gasteiger partial charge in [0, 0.05) is 16.5 Å². The van der Waals surface area contributed by atoms with Gasteiger partial charge < -0.3 is 4.57 Å². The number of aromatic nitrogens is 1. The van der Waals surface area contributed by atoms with Crippen molar-refractivity contribution in [2.45, 2.75) is 0 Å². The number of hydrogen-bond acceptors (Lipinski definition) is 2. The molecule has 0 unspecified atom stereocenters. The molecule has 0 aliphatic heterocycles. The minimum Gasteiger partial charge on any atom is -0.309 e. The molecule has 10 aromatic rings. The van der Waals surface area contributed by atoms with E-state index in [2.05, 4.69) is 162 Å². The summed E-state index contributed by atoms with van der Waals surface area (Å²) in [4.78, 5) is 0. The first kappa shape index (κ1) is 32.0. The molecular formula is C52H31N3. The highest BCUT2D eigenvalue weighted by atomic mass is 15.0. The second kappa shape index (κ2) is 13.0. The molecule has 55 heavy (non-hydrogen) atoms. The summed E-state index contributed by atoms with van der Waals surface area (Å²) in [7, 11) is 0. The van der Waals surface area contributed by atoms with Gasteiger partial charge in [-0.15, -0.1) is 0 Å². The van der Waals surface area contributed by atoms with Crippen molar-refractivity contribution in [2.24, 2.45) is 0 Å². The van der Waals surface area contributed by atoms with Gasteiger partial charge in [-0.25, -0.2) is 0 Å². The molecule has 0 saturated carbocycles. The molecule has 0 radical (unpaired) electrons. The smallest absolute Gasteiger partial charge is 0.0992 e. The van der Waals surface area contributed by atoms with Crippen molar-refractivity contribution in [3.05, 3.63) is 199 Å². The molecule has 0 fully saturated rings. The zero-order valence-electron chi connectivity index (χ0n) is 29.7. The Morgan fingerprint density at radius 3 is 1.45 bits per heavy atom. The summed E-state index contributed by atoms with van der Waals surface area (Å²) in [6.45, 7) is 0. The first-order valence-electron chi connectivity index (χ1n) is 18.4. The van der Waals surface area contributed by atoms with Crippen LogP contribution in [-0.2, 0) is 0 Å². The van der Waals surface area contributed by atoms with Gasteiger partial charge in [0.1, 0.15) is 0 Å². The van der Waals surface area contributed by atoms with E-state index in [4.69, 9.17) is 0 Å². The number of nitrogens with zero attached hydrogens (tertiary/aromatic N) is 3. The lowest BCUT2D eigenvalue weighted by Crippen LogP contribution is -1.94. The van der Waals surface area contributed by atoms with E-state index in [9.17, 15) is 10.5 Å². The van der Waals surface area contributed by atoms with Crippen LogP contribution in [0.1, 0.15) is 11.1 Å². The zero-order chi connectivity index (χ0) is 36.9. The van der Waals surface area contributed by atoms with E-state index >= 15 is 0 Å². The summed E-state index contributed by atoms with van der Waals surface area (Å²) in [6, 6.07) is 70.4. The number of para-hydroxylation sites is 1. The predicted molar refractivity (Wildman–Crippen MR) is 227 cm³/mol. The largest absolute Gasteiger partial charge is 0.309 e. The van der Waals surface area contributed by atoms with Gasteiger partial charge in [-0.1, -0.05) is 127 Å². The Hall–Kier alpha value is -7.72. The highest BCUT2D eigenvalue weighted by Crippen LogP contribution is 2.44. The minimum absolute atomic E-state index is 0.604. The number of benzene rings is 9. The highest BCUT2D eigenvalue weighted by molar-refractivity contribution is 6.21. The maximum absolute atomic E-state index is 10.3. The summed E-state index contributed by atoms with van der Waals surface area (Å²) in [5, 5.41) is 26.9. The first-order chi connectivity index (χ1) is 27.2. The van der Waals surface area contributed by atoms with Crippen LogP contribution in [0.25, 0.3) is 93.5 Å². The summed E-state index contributed by atoms with van der Waals surface area (Å²) in [6.07, 6.45) is 0. The summed E-state index contributed by atoms with van der Waals surface area (Å²) >= 11 is 0. The topological polar surface area (TPSA) is 52.5 Å². The molecule has 1 aromatic heterocycles. The van der Waals surface area contributed by atoms with Crippen LogP contribution < -0.4 is 0 Å². The molecule has 1 heterocycles. The van der Waals surface area contributed by atoms with Crippen LogP contribution in [0.3, 0.4) is 0 Å². The summed E-state index contributed by atoms with van der Waals surface area (Å²) in [5.74, 6) is 0. The van der Waals surface area contributed by atoms with Crippen LogP contribution in [0, 0.1) is 22.7 Å². The predicted octanol–water partition coefficient (Wildman–Crippen LogP) is 13.5. The molecule has 0 N–H and O–H groups in total. The van der Waals surface area contributed by atoms with E-state index in [1.54, 1.807) is 0 Å². The molecule has 0 aliphatic rings. The van der Waals surface area contributed by atoms with E-state index in [1.165, 1.54) is 38.2 Å². The van der Waals surface area contributed by atoms with Crippen LogP contribution >= 0.6 is 0 Å². The van der Waals surface area contributed by atoms with E-state index in [1.807, 2.05) is 42.5 Å². The second-order valence-corrected chi connectivity index (χ2v) is 13.9. The zero-order valence-corrected chi connectivity index (χ0v) is 29.7. The normalized spacial score (nSPS) is 11.2. The molecule has 10 rings (SSSR count). The van der Waals surface area contributed by atoms with Crippen LogP contribution in [0.5, 0.6) is 0 Å². The molecule has 0 spiro atoms. The second-order valence-electron chi connectivity index (χ2n) is 13.9. The van der Waals surface area contributed by atoms with Gasteiger partial charge in [-0.05, 0) is 127 Å². The average molecular weight is 698 g/mol.